The molecule has 0 aromatic heterocycles. The van der Waals surface area contributed by atoms with Gasteiger partial charge in [0.2, 0.25) is 5.91 Å². The summed E-state index contributed by atoms with van der Waals surface area (Å²) in [5.74, 6) is 0.805. The number of benzene rings is 2. The highest BCUT2D eigenvalue weighted by atomic mass is 32.2. The topological polar surface area (TPSA) is 43.9 Å². The minimum atomic E-state index is -0.438. The summed E-state index contributed by atoms with van der Waals surface area (Å²) in [5, 5.41) is 0. The molecule has 2 aliphatic rings. The molecule has 0 spiro atoms. The third kappa shape index (κ3) is 3.96. The van der Waals surface area contributed by atoms with Gasteiger partial charge in [-0.15, -0.1) is 11.8 Å². The number of halogens is 1. The molecule has 152 valence electrons. The first-order chi connectivity index (χ1) is 14.1. The molecule has 5 nitrogen and oxygen atoms in total. The van der Waals surface area contributed by atoms with Gasteiger partial charge in [0, 0.05) is 37.5 Å². The maximum Gasteiger partial charge on any atom is 0.255 e. The van der Waals surface area contributed by atoms with Gasteiger partial charge in [0.25, 0.3) is 5.91 Å². The zero-order valence-corrected chi connectivity index (χ0v) is 17.2. The molecule has 0 saturated carbocycles. The lowest BCUT2D eigenvalue weighted by Gasteiger charge is -2.38. The van der Waals surface area contributed by atoms with Crippen LogP contribution in [0.1, 0.15) is 15.9 Å². The number of nitrogens with zero attached hydrogens (tertiary/aromatic N) is 3. The van der Waals surface area contributed by atoms with Gasteiger partial charge in [0.05, 0.1) is 11.6 Å². The summed E-state index contributed by atoms with van der Waals surface area (Å²) in [6, 6.07) is 13.8. The number of piperazine rings is 1. The molecule has 1 atom stereocenters. The summed E-state index contributed by atoms with van der Waals surface area (Å²) in [6.07, 6.45) is 0. The number of para-hydroxylation sites is 1. The largest absolute Gasteiger partial charge is 0.366 e. The van der Waals surface area contributed by atoms with Gasteiger partial charge in [-0.2, -0.15) is 0 Å². The number of thioether (sulfide) groups is 1. The van der Waals surface area contributed by atoms with Crippen molar-refractivity contribution in [1.29, 1.82) is 0 Å². The van der Waals surface area contributed by atoms with Crippen molar-refractivity contribution in [1.82, 2.24) is 9.80 Å². The molecule has 1 unspecified atom stereocenters. The smallest absolute Gasteiger partial charge is 0.255 e. The van der Waals surface area contributed by atoms with E-state index >= 15 is 0 Å². The average Bonchev–Trinajstić information content (AvgIpc) is 3.23. The molecular formula is C22H24FN3O2S. The second-order valence-corrected chi connectivity index (χ2v) is 8.37. The van der Waals surface area contributed by atoms with E-state index in [1.165, 1.54) is 6.07 Å². The molecule has 2 aromatic carbocycles. The van der Waals surface area contributed by atoms with Crippen LogP contribution in [0.5, 0.6) is 0 Å². The van der Waals surface area contributed by atoms with Gasteiger partial charge < -0.3 is 14.7 Å². The Bertz CT molecular complexity index is 914. The number of rotatable bonds is 3. The summed E-state index contributed by atoms with van der Waals surface area (Å²) < 4.78 is 14.0. The van der Waals surface area contributed by atoms with Crippen LogP contribution in [0.2, 0.25) is 0 Å². The third-order valence-electron chi connectivity index (χ3n) is 5.59. The van der Waals surface area contributed by atoms with Crippen LogP contribution in [0.25, 0.3) is 0 Å². The van der Waals surface area contributed by atoms with Gasteiger partial charge in [-0.1, -0.05) is 30.3 Å². The summed E-state index contributed by atoms with van der Waals surface area (Å²) in [5.41, 5.74) is 2.14. The highest BCUT2D eigenvalue weighted by molar-refractivity contribution is 7.99. The highest BCUT2D eigenvalue weighted by Crippen LogP contribution is 2.27. The summed E-state index contributed by atoms with van der Waals surface area (Å²) in [7, 11) is 0. The van der Waals surface area contributed by atoms with Crippen molar-refractivity contribution in [2.24, 2.45) is 0 Å². The van der Waals surface area contributed by atoms with Crippen LogP contribution < -0.4 is 4.90 Å². The average molecular weight is 414 g/mol. The van der Waals surface area contributed by atoms with Gasteiger partial charge in [0.15, 0.2) is 0 Å². The molecule has 0 bridgehead atoms. The maximum atomic E-state index is 14.0. The van der Waals surface area contributed by atoms with Crippen LogP contribution in [0.3, 0.4) is 0 Å². The SMILES string of the molecule is Cc1ccccc1C(=O)N1CSCC1C(=O)N1CCN(c2ccccc2F)CC1. The first-order valence-electron chi connectivity index (χ1n) is 9.79. The first kappa shape index (κ1) is 19.8. The van der Waals surface area contributed by atoms with Crippen LogP contribution in [0.15, 0.2) is 48.5 Å². The van der Waals surface area contributed by atoms with E-state index in [1.807, 2.05) is 47.1 Å². The summed E-state index contributed by atoms with van der Waals surface area (Å²) >= 11 is 1.61. The number of aryl methyl sites for hydroxylation is 1. The molecular weight excluding hydrogens is 389 g/mol. The predicted octanol–water partition coefficient (Wildman–Crippen LogP) is 3.00. The molecule has 29 heavy (non-hydrogen) atoms. The van der Waals surface area contributed by atoms with Crippen LogP contribution in [0.4, 0.5) is 10.1 Å². The molecule has 2 fully saturated rings. The highest BCUT2D eigenvalue weighted by Gasteiger charge is 2.38. The Labute approximate surface area is 174 Å². The normalized spacial score (nSPS) is 19.5. The van der Waals surface area contributed by atoms with Crippen molar-refractivity contribution in [2.75, 3.05) is 42.7 Å². The molecule has 0 N–H and O–H groups in total. The van der Waals surface area contributed by atoms with Crippen LogP contribution in [0, 0.1) is 12.7 Å². The first-order valence-corrected chi connectivity index (χ1v) is 10.9. The van der Waals surface area contributed by atoms with Crippen molar-refractivity contribution >= 4 is 29.3 Å². The Kier molecular flexibility index (Phi) is 5.76. The van der Waals surface area contributed by atoms with Gasteiger partial charge in [-0.05, 0) is 30.7 Å². The fraction of sp³-hybridized carbons (Fsp3) is 0.364. The van der Waals surface area contributed by atoms with Gasteiger partial charge in [0.1, 0.15) is 11.9 Å². The zero-order chi connectivity index (χ0) is 20.4. The fourth-order valence-electron chi connectivity index (χ4n) is 3.90. The number of carbonyl (C=O) groups excluding carboxylic acids is 2. The van der Waals surface area contributed by atoms with Gasteiger partial charge in [-0.25, -0.2) is 4.39 Å². The standard InChI is InChI=1S/C22H24FN3O2S/c1-16-6-2-3-7-17(16)21(27)26-15-29-14-20(26)22(28)25-12-10-24(11-13-25)19-9-5-4-8-18(19)23/h2-9,20H,10-15H2,1H3. The second-order valence-electron chi connectivity index (χ2n) is 7.37. The van der Waals surface area contributed by atoms with E-state index in [2.05, 4.69) is 0 Å². The molecule has 0 radical (unpaired) electrons. The maximum absolute atomic E-state index is 14.0. The third-order valence-corrected chi connectivity index (χ3v) is 6.60. The van der Waals surface area contributed by atoms with E-state index in [1.54, 1.807) is 28.8 Å². The molecule has 4 rings (SSSR count). The van der Waals surface area contributed by atoms with E-state index in [-0.39, 0.29) is 17.6 Å². The lowest BCUT2D eigenvalue weighted by Crippen LogP contribution is -2.55. The van der Waals surface area contributed by atoms with Crippen molar-refractivity contribution in [3.05, 3.63) is 65.5 Å². The molecule has 2 heterocycles. The second kappa shape index (κ2) is 8.45. The lowest BCUT2D eigenvalue weighted by molar-refractivity contribution is -0.135. The van der Waals surface area contributed by atoms with E-state index < -0.39 is 6.04 Å². The van der Waals surface area contributed by atoms with Crippen molar-refractivity contribution in [2.45, 2.75) is 13.0 Å². The fourth-order valence-corrected chi connectivity index (χ4v) is 5.05. The Morgan fingerprint density at radius 3 is 2.41 bits per heavy atom. The molecule has 2 saturated heterocycles. The lowest BCUT2D eigenvalue weighted by atomic mass is 10.1. The van der Waals surface area contributed by atoms with E-state index in [0.717, 1.165) is 5.56 Å². The molecule has 2 amide bonds. The predicted molar refractivity (Wildman–Crippen MR) is 114 cm³/mol. The Hall–Kier alpha value is -2.54. The van der Waals surface area contributed by atoms with Gasteiger partial charge in [-0.3, -0.25) is 9.59 Å². The number of carbonyl (C=O) groups is 2. The molecule has 2 aliphatic heterocycles. The monoisotopic (exact) mass is 413 g/mol. The summed E-state index contributed by atoms with van der Waals surface area (Å²) in [4.78, 5) is 31.7. The number of anilines is 1. The Balaban J connectivity index is 1.42. The minimum absolute atomic E-state index is 0.00915. The number of hydrogen-bond acceptors (Lipinski definition) is 4. The summed E-state index contributed by atoms with van der Waals surface area (Å²) in [6.45, 7) is 4.13. The van der Waals surface area contributed by atoms with Crippen LogP contribution in [-0.4, -0.2) is 65.5 Å². The van der Waals surface area contributed by atoms with Crippen molar-refractivity contribution in [3.8, 4) is 0 Å². The van der Waals surface area contributed by atoms with E-state index in [4.69, 9.17) is 0 Å². The van der Waals surface area contributed by atoms with Crippen LogP contribution >= 0.6 is 11.8 Å². The number of hydrogen-bond donors (Lipinski definition) is 0. The minimum Gasteiger partial charge on any atom is -0.366 e. The number of amides is 2. The van der Waals surface area contributed by atoms with Gasteiger partial charge >= 0.3 is 0 Å². The molecule has 0 aliphatic carbocycles. The quantitative estimate of drug-likeness (QED) is 0.776. The molecule has 7 heteroatoms. The van der Waals surface area contributed by atoms with E-state index in [9.17, 15) is 14.0 Å². The van der Waals surface area contributed by atoms with Crippen molar-refractivity contribution < 1.29 is 14.0 Å². The molecule has 2 aromatic rings. The zero-order valence-electron chi connectivity index (χ0n) is 16.4. The van der Waals surface area contributed by atoms with Crippen molar-refractivity contribution in [3.63, 3.8) is 0 Å². The Morgan fingerprint density at radius 1 is 1.00 bits per heavy atom. The van der Waals surface area contributed by atoms with Crippen LogP contribution in [-0.2, 0) is 4.79 Å². The van der Waals surface area contributed by atoms with E-state index in [0.29, 0.717) is 49.1 Å². The Morgan fingerprint density at radius 2 is 1.69 bits per heavy atom.